The molecule has 0 radical (unpaired) electrons. The lowest BCUT2D eigenvalue weighted by molar-refractivity contribution is -0.116. The molecular formula is C11H14ClNO. The van der Waals surface area contributed by atoms with Crippen LogP contribution in [-0.2, 0) is 4.79 Å². The lowest BCUT2D eigenvalue weighted by atomic mass is 10.0. The third-order valence-electron chi connectivity index (χ3n) is 2.46. The van der Waals surface area contributed by atoms with Gasteiger partial charge in [0.1, 0.15) is 5.78 Å². The van der Waals surface area contributed by atoms with Gasteiger partial charge in [0.05, 0.1) is 6.54 Å². The highest BCUT2D eigenvalue weighted by Crippen LogP contribution is 2.21. The van der Waals surface area contributed by atoms with Gasteiger partial charge in [-0.3, -0.25) is 4.79 Å². The van der Waals surface area contributed by atoms with Crippen molar-refractivity contribution in [2.75, 3.05) is 6.54 Å². The molecule has 1 N–H and O–H groups in total. The smallest absolute Gasteiger partial charge is 0.148 e. The first-order valence-electron chi connectivity index (χ1n) is 4.57. The first kappa shape index (κ1) is 11.2. The lowest BCUT2D eigenvalue weighted by Crippen LogP contribution is -2.13. The number of carbonyl (C=O) groups excluding carboxylic acids is 1. The summed E-state index contributed by atoms with van der Waals surface area (Å²) in [6, 6.07) is 8.59. The molecule has 1 aromatic rings. The summed E-state index contributed by atoms with van der Waals surface area (Å²) in [5, 5.41) is 3.19. The predicted octanol–water partition coefficient (Wildman–Crippen LogP) is 2.02. The van der Waals surface area contributed by atoms with E-state index in [4.69, 9.17) is 0 Å². The van der Waals surface area contributed by atoms with Crippen molar-refractivity contribution in [1.29, 1.82) is 0 Å². The van der Waals surface area contributed by atoms with Crippen molar-refractivity contribution in [2.24, 2.45) is 0 Å². The Bertz CT molecular complexity index is 321. The van der Waals surface area contributed by atoms with Gasteiger partial charge in [0.2, 0.25) is 0 Å². The molecule has 0 aliphatic carbocycles. The van der Waals surface area contributed by atoms with Crippen molar-refractivity contribution in [1.82, 2.24) is 5.32 Å². The Morgan fingerprint density at radius 1 is 1.29 bits per heavy atom. The molecule has 1 unspecified atom stereocenters. The number of ketones is 1. The minimum Gasteiger partial charge on any atom is -0.303 e. The van der Waals surface area contributed by atoms with E-state index in [1.807, 2.05) is 0 Å². The van der Waals surface area contributed by atoms with Gasteiger partial charge in [0, 0.05) is 12.5 Å². The minimum absolute atomic E-state index is 0. The highest BCUT2D eigenvalue weighted by molar-refractivity contribution is 5.85. The molecule has 14 heavy (non-hydrogen) atoms. The van der Waals surface area contributed by atoms with Crippen LogP contribution in [0.1, 0.15) is 23.6 Å². The average molecular weight is 212 g/mol. The zero-order valence-electron chi connectivity index (χ0n) is 8.12. The molecule has 76 valence electrons. The molecule has 0 bridgehead atoms. The number of rotatable bonds is 1. The van der Waals surface area contributed by atoms with Crippen LogP contribution in [0.5, 0.6) is 0 Å². The summed E-state index contributed by atoms with van der Waals surface area (Å²) in [6.07, 6.45) is 0.642. The van der Waals surface area contributed by atoms with Crippen molar-refractivity contribution in [3.8, 4) is 0 Å². The maximum absolute atomic E-state index is 11.0. The highest BCUT2D eigenvalue weighted by Gasteiger charge is 2.22. The number of benzene rings is 1. The van der Waals surface area contributed by atoms with Crippen LogP contribution in [0.3, 0.4) is 0 Å². The maximum atomic E-state index is 11.0. The van der Waals surface area contributed by atoms with E-state index in [1.165, 1.54) is 11.1 Å². The zero-order valence-corrected chi connectivity index (χ0v) is 8.93. The van der Waals surface area contributed by atoms with Gasteiger partial charge in [-0.25, -0.2) is 0 Å². The molecule has 0 amide bonds. The monoisotopic (exact) mass is 211 g/mol. The number of aryl methyl sites for hydroxylation is 1. The number of hydrogen-bond acceptors (Lipinski definition) is 2. The summed E-state index contributed by atoms with van der Waals surface area (Å²) >= 11 is 0. The number of hydrogen-bond donors (Lipinski definition) is 1. The fourth-order valence-electron chi connectivity index (χ4n) is 1.64. The molecule has 2 nitrogen and oxygen atoms in total. The Morgan fingerprint density at radius 2 is 1.93 bits per heavy atom. The van der Waals surface area contributed by atoms with E-state index in [0.29, 0.717) is 18.7 Å². The molecule has 1 fully saturated rings. The summed E-state index contributed by atoms with van der Waals surface area (Å²) in [4.78, 5) is 11.0. The second-order valence-corrected chi connectivity index (χ2v) is 3.59. The third-order valence-corrected chi connectivity index (χ3v) is 2.46. The first-order valence-corrected chi connectivity index (χ1v) is 4.57. The Balaban J connectivity index is 0.000000980. The molecule has 1 aliphatic heterocycles. The number of halogens is 1. The fourth-order valence-corrected chi connectivity index (χ4v) is 1.64. The van der Waals surface area contributed by atoms with Crippen LogP contribution < -0.4 is 5.32 Å². The van der Waals surface area contributed by atoms with Gasteiger partial charge in [0.25, 0.3) is 0 Å². The SMILES string of the molecule is Cc1ccc(C2CC(=O)CN2)cc1.Cl. The van der Waals surface area contributed by atoms with Gasteiger partial charge in [-0.1, -0.05) is 29.8 Å². The normalized spacial score (nSPS) is 20.6. The summed E-state index contributed by atoms with van der Waals surface area (Å²) in [7, 11) is 0. The van der Waals surface area contributed by atoms with Crippen LogP contribution in [0.15, 0.2) is 24.3 Å². The molecule has 2 rings (SSSR count). The van der Waals surface area contributed by atoms with Crippen LogP contribution in [0.25, 0.3) is 0 Å². The standard InChI is InChI=1S/C11H13NO.ClH/c1-8-2-4-9(5-3-8)11-6-10(13)7-12-11;/h2-5,11-12H,6-7H2,1H3;1H. The molecule has 0 saturated carbocycles. The van der Waals surface area contributed by atoms with E-state index >= 15 is 0 Å². The Labute approximate surface area is 90.1 Å². The molecule has 1 heterocycles. The van der Waals surface area contributed by atoms with Crippen LogP contribution in [-0.4, -0.2) is 12.3 Å². The molecule has 1 aromatic carbocycles. The van der Waals surface area contributed by atoms with E-state index < -0.39 is 0 Å². The molecule has 1 aliphatic rings. The van der Waals surface area contributed by atoms with Crippen LogP contribution in [0.2, 0.25) is 0 Å². The Morgan fingerprint density at radius 3 is 2.43 bits per heavy atom. The number of nitrogens with one attached hydrogen (secondary N) is 1. The van der Waals surface area contributed by atoms with Gasteiger partial charge in [0.15, 0.2) is 0 Å². The first-order chi connectivity index (χ1) is 6.25. The number of carbonyl (C=O) groups is 1. The van der Waals surface area contributed by atoms with E-state index in [1.54, 1.807) is 0 Å². The van der Waals surface area contributed by atoms with Gasteiger partial charge in [-0.15, -0.1) is 12.4 Å². The third kappa shape index (κ3) is 2.34. The second kappa shape index (κ2) is 4.58. The molecule has 3 heteroatoms. The topological polar surface area (TPSA) is 29.1 Å². The van der Waals surface area contributed by atoms with Crippen LogP contribution in [0.4, 0.5) is 0 Å². The fraction of sp³-hybridized carbons (Fsp3) is 0.364. The molecule has 1 saturated heterocycles. The Hall–Kier alpha value is -0.860. The Kier molecular flexibility index (Phi) is 3.67. The second-order valence-electron chi connectivity index (χ2n) is 3.59. The van der Waals surface area contributed by atoms with Crippen molar-refractivity contribution in [3.05, 3.63) is 35.4 Å². The largest absolute Gasteiger partial charge is 0.303 e. The van der Waals surface area contributed by atoms with E-state index in [2.05, 4.69) is 36.5 Å². The van der Waals surface area contributed by atoms with Crippen LogP contribution >= 0.6 is 12.4 Å². The summed E-state index contributed by atoms with van der Waals surface area (Å²) < 4.78 is 0. The van der Waals surface area contributed by atoms with E-state index in [9.17, 15) is 4.79 Å². The predicted molar refractivity (Wildman–Crippen MR) is 58.8 cm³/mol. The molecule has 1 atom stereocenters. The number of Topliss-reactive ketones (excluding diaryl/α,β-unsaturated/α-hetero) is 1. The van der Waals surface area contributed by atoms with Gasteiger partial charge in [-0.2, -0.15) is 0 Å². The van der Waals surface area contributed by atoms with E-state index in [-0.39, 0.29) is 18.4 Å². The summed E-state index contributed by atoms with van der Waals surface area (Å²) in [6.45, 7) is 2.59. The van der Waals surface area contributed by atoms with Crippen molar-refractivity contribution < 1.29 is 4.79 Å². The summed E-state index contributed by atoms with van der Waals surface area (Å²) in [5.41, 5.74) is 2.48. The maximum Gasteiger partial charge on any atom is 0.148 e. The van der Waals surface area contributed by atoms with Gasteiger partial charge < -0.3 is 5.32 Å². The average Bonchev–Trinajstić information content (AvgIpc) is 2.53. The minimum atomic E-state index is 0. The molecular weight excluding hydrogens is 198 g/mol. The zero-order chi connectivity index (χ0) is 9.26. The highest BCUT2D eigenvalue weighted by atomic mass is 35.5. The van der Waals surface area contributed by atoms with Gasteiger partial charge >= 0.3 is 0 Å². The molecule has 0 spiro atoms. The molecule has 0 aromatic heterocycles. The quantitative estimate of drug-likeness (QED) is 0.770. The van der Waals surface area contributed by atoms with E-state index in [0.717, 1.165) is 0 Å². The van der Waals surface area contributed by atoms with Gasteiger partial charge in [-0.05, 0) is 12.5 Å². The summed E-state index contributed by atoms with van der Waals surface area (Å²) in [5.74, 6) is 0.311. The van der Waals surface area contributed by atoms with Crippen molar-refractivity contribution >= 4 is 18.2 Å². The lowest BCUT2D eigenvalue weighted by Gasteiger charge is -2.09. The van der Waals surface area contributed by atoms with Crippen molar-refractivity contribution in [3.63, 3.8) is 0 Å². The van der Waals surface area contributed by atoms with Crippen molar-refractivity contribution in [2.45, 2.75) is 19.4 Å². The van der Waals surface area contributed by atoms with Crippen LogP contribution in [0, 0.1) is 6.92 Å².